The molecule has 0 spiro atoms. The first kappa shape index (κ1) is 7.94. The maximum absolute atomic E-state index is 4.05. The van der Waals surface area contributed by atoms with Crippen LogP contribution < -0.4 is 0 Å². The SMILES string of the molecule is C=Cn1nc(Br)nc1CBr. The van der Waals surface area contributed by atoms with Crippen molar-refractivity contribution in [2.75, 3.05) is 0 Å². The van der Waals surface area contributed by atoms with E-state index in [1.807, 2.05) is 0 Å². The molecule has 10 heavy (non-hydrogen) atoms. The summed E-state index contributed by atoms with van der Waals surface area (Å²) in [6.45, 7) is 3.57. The molecule has 1 aromatic heterocycles. The number of hydrogen-bond donors (Lipinski definition) is 0. The van der Waals surface area contributed by atoms with Crippen LogP contribution >= 0.6 is 31.9 Å². The fourth-order valence-corrected chi connectivity index (χ4v) is 1.32. The van der Waals surface area contributed by atoms with Gasteiger partial charge in [0.1, 0.15) is 5.82 Å². The maximum atomic E-state index is 4.05. The Hall–Kier alpha value is -0.160. The Balaban J connectivity index is 3.08. The van der Waals surface area contributed by atoms with Gasteiger partial charge in [-0.15, -0.1) is 5.10 Å². The number of nitrogens with zero attached hydrogens (tertiary/aromatic N) is 3. The van der Waals surface area contributed by atoms with E-state index in [-0.39, 0.29) is 0 Å². The molecule has 0 aromatic carbocycles. The summed E-state index contributed by atoms with van der Waals surface area (Å²) in [4.78, 5) is 4.05. The van der Waals surface area contributed by atoms with Gasteiger partial charge in [0, 0.05) is 6.20 Å². The number of aromatic nitrogens is 3. The number of alkyl halides is 1. The second kappa shape index (κ2) is 3.30. The van der Waals surface area contributed by atoms with E-state index < -0.39 is 0 Å². The van der Waals surface area contributed by atoms with Crippen LogP contribution in [0.3, 0.4) is 0 Å². The first-order valence-corrected chi connectivity index (χ1v) is 4.49. The van der Waals surface area contributed by atoms with E-state index in [0.29, 0.717) is 10.1 Å². The minimum absolute atomic E-state index is 0.585. The van der Waals surface area contributed by atoms with Gasteiger partial charge >= 0.3 is 0 Å². The van der Waals surface area contributed by atoms with Crippen molar-refractivity contribution in [1.82, 2.24) is 14.8 Å². The van der Waals surface area contributed by atoms with Gasteiger partial charge in [-0.2, -0.15) is 0 Å². The molecule has 0 fully saturated rings. The van der Waals surface area contributed by atoms with E-state index in [1.165, 1.54) is 0 Å². The van der Waals surface area contributed by atoms with Gasteiger partial charge in [-0.05, 0) is 15.9 Å². The van der Waals surface area contributed by atoms with Crippen molar-refractivity contribution < 1.29 is 0 Å². The fourth-order valence-electron chi connectivity index (χ4n) is 0.564. The van der Waals surface area contributed by atoms with Crippen LogP contribution in [0.4, 0.5) is 0 Å². The van der Waals surface area contributed by atoms with Crippen LogP contribution in [0.2, 0.25) is 0 Å². The van der Waals surface area contributed by atoms with Crippen molar-refractivity contribution in [3.05, 3.63) is 17.1 Å². The predicted octanol–water partition coefficient (Wildman–Crippen LogP) is 2.04. The van der Waals surface area contributed by atoms with Crippen molar-refractivity contribution in [2.45, 2.75) is 5.33 Å². The summed E-state index contributed by atoms with van der Waals surface area (Å²) in [6.07, 6.45) is 1.61. The standard InChI is InChI=1S/C5H5Br2N3/c1-2-10-4(3-6)8-5(7)9-10/h2H,1,3H2. The van der Waals surface area contributed by atoms with Gasteiger partial charge < -0.3 is 0 Å². The minimum Gasteiger partial charge on any atom is -0.224 e. The van der Waals surface area contributed by atoms with Crippen LogP contribution in [0, 0.1) is 0 Å². The van der Waals surface area contributed by atoms with Gasteiger partial charge in [0.2, 0.25) is 4.73 Å². The zero-order valence-electron chi connectivity index (χ0n) is 5.09. The molecule has 0 amide bonds. The summed E-state index contributed by atoms with van der Waals surface area (Å²) in [5.74, 6) is 0.835. The quantitative estimate of drug-likeness (QED) is 0.767. The number of hydrogen-bond acceptors (Lipinski definition) is 2. The average Bonchev–Trinajstić information content (AvgIpc) is 2.30. The molecule has 0 aliphatic heterocycles. The van der Waals surface area contributed by atoms with Crippen LogP contribution in [0.5, 0.6) is 0 Å². The lowest BCUT2D eigenvalue weighted by Gasteiger charge is -1.91. The van der Waals surface area contributed by atoms with Gasteiger partial charge in [-0.1, -0.05) is 22.5 Å². The third-order valence-corrected chi connectivity index (χ3v) is 1.81. The molecule has 3 nitrogen and oxygen atoms in total. The molecule has 0 atom stereocenters. The van der Waals surface area contributed by atoms with Crippen LogP contribution in [0.1, 0.15) is 5.82 Å². The summed E-state index contributed by atoms with van der Waals surface area (Å²) < 4.78 is 2.20. The van der Waals surface area contributed by atoms with Gasteiger partial charge in [0.15, 0.2) is 0 Å². The summed E-state index contributed by atoms with van der Waals surface area (Å²) >= 11 is 6.42. The highest BCUT2D eigenvalue weighted by atomic mass is 79.9. The molecule has 0 aliphatic rings. The maximum Gasteiger partial charge on any atom is 0.217 e. The molecule has 0 bridgehead atoms. The van der Waals surface area contributed by atoms with E-state index >= 15 is 0 Å². The highest BCUT2D eigenvalue weighted by Gasteiger charge is 2.01. The monoisotopic (exact) mass is 265 g/mol. The van der Waals surface area contributed by atoms with Crippen molar-refractivity contribution in [2.24, 2.45) is 0 Å². The molecule has 0 radical (unpaired) electrons. The van der Waals surface area contributed by atoms with Gasteiger partial charge in [0.25, 0.3) is 0 Å². The Morgan fingerprint density at radius 2 is 2.40 bits per heavy atom. The molecule has 0 N–H and O–H groups in total. The zero-order valence-corrected chi connectivity index (χ0v) is 8.26. The molecule has 1 rings (SSSR count). The summed E-state index contributed by atoms with van der Waals surface area (Å²) in [7, 11) is 0. The van der Waals surface area contributed by atoms with Crippen molar-refractivity contribution in [3.8, 4) is 0 Å². The summed E-state index contributed by atoms with van der Waals surface area (Å²) in [6, 6.07) is 0. The topological polar surface area (TPSA) is 30.7 Å². The van der Waals surface area contributed by atoms with E-state index in [0.717, 1.165) is 5.82 Å². The second-order valence-corrected chi connectivity index (χ2v) is 2.83. The van der Waals surface area contributed by atoms with Gasteiger partial charge in [0.05, 0.1) is 5.33 Å². The Kier molecular flexibility index (Phi) is 2.62. The lowest BCUT2D eigenvalue weighted by Crippen LogP contribution is -1.93. The van der Waals surface area contributed by atoms with E-state index in [2.05, 4.69) is 48.5 Å². The molecule has 5 heteroatoms. The van der Waals surface area contributed by atoms with Crippen LogP contribution in [-0.2, 0) is 5.33 Å². The predicted molar refractivity (Wildman–Crippen MR) is 46.7 cm³/mol. The van der Waals surface area contributed by atoms with E-state index in [4.69, 9.17) is 0 Å². The van der Waals surface area contributed by atoms with E-state index in [1.54, 1.807) is 10.9 Å². The molecule has 0 aliphatic carbocycles. The smallest absolute Gasteiger partial charge is 0.217 e. The largest absolute Gasteiger partial charge is 0.224 e. The third-order valence-electron chi connectivity index (χ3n) is 0.968. The third kappa shape index (κ3) is 1.46. The number of rotatable bonds is 2. The van der Waals surface area contributed by atoms with E-state index in [9.17, 15) is 0 Å². The Bertz CT molecular complexity index is 243. The molecule has 0 unspecified atom stereocenters. The first-order chi connectivity index (χ1) is 4.77. The molecule has 0 saturated carbocycles. The van der Waals surface area contributed by atoms with Crippen LogP contribution in [-0.4, -0.2) is 14.8 Å². The Morgan fingerprint density at radius 3 is 2.80 bits per heavy atom. The highest BCUT2D eigenvalue weighted by molar-refractivity contribution is 9.10. The highest BCUT2D eigenvalue weighted by Crippen LogP contribution is 2.07. The lowest BCUT2D eigenvalue weighted by molar-refractivity contribution is 0.881. The molecule has 1 aromatic rings. The van der Waals surface area contributed by atoms with Crippen molar-refractivity contribution in [3.63, 3.8) is 0 Å². The lowest BCUT2D eigenvalue weighted by atomic mass is 10.7. The van der Waals surface area contributed by atoms with Crippen LogP contribution in [0.15, 0.2) is 11.3 Å². The van der Waals surface area contributed by atoms with Crippen molar-refractivity contribution >= 4 is 38.1 Å². The molecule has 0 saturated heterocycles. The molecular weight excluding hydrogens is 262 g/mol. The summed E-state index contributed by atoms with van der Waals surface area (Å²) in [5.41, 5.74) is 0. The Morgan fingerprint density at radius 1 is 1.70 bits per heavy atom. The molecular formula is C5H5Br2N3. The average molecular weight is 267 g/mol. The van der Waals surface area contributed by atoms with Crippen molar-refractivity contribution in [1.29, 1.82) is 0 Å². The second-order valence-electron chi connectivity index (χ2n) is 1.56. The fraction of sp³-hybridized carbons (Fsp3) is 0.200. The zero-order chi connectivity index (χ0) is 7.56. The first-order valence-electron chi connectivity index (χ1n) is 2.57. The number of halogens is 2. The van der Waals surface area contributed by atoms with Gasteiger partial charge in [-0.3, -0.25) is 0 Å². The normalized spacial score (nSPS) is 9.80. The minimum atomic E-state index is 0.585. The Labute approximate surface area is 75.4 Å². The molecule has 1 heterocycles. The van der Waals surface area contributed by atoms with Crippen LogP contribution in [0.25, 0.3) is 6.20 Å². The van der Waals surface area contributed by atoms with Gasteiger partial charge in [-0.25, -0.2) is 9.67 Å². The molecule has 54 valence electrons. The summed E-state index contributed by atoms with van der Waals surface area (Å²) in [5, 5.41) is 4.65.